The Morgan fingerprint density at radius 1 is 1.12 bits per heavy atom. The van der Waals surface area contributed by atoms with Gasteiger partial charge in [0.25, 0.3) is 0 Å². The molecule has 1 rings (SSSR count). The predicted molar refractivity (Wildman–Crippen MR) is 77.0 cm³/mol. The lowest BCUT2D eigenvalue weighted by Gasteiger charge is -2.36. The molecule has 0 aromatic heterocycles. The van der Waals surface area contributed by atoms with Crippen molar-refractivity contribution in [3.63, 3.8) is 0 Å². The van der Waals surface area contributed by atoms with Crippen LogP contribution in [-0.2, 0) is 0 Å². The third-order valence-electron chi connectivity index (χ3n) is 4.60. The van der Waals surface area contributed by atoms with Crippen LogP contribution in [-0.4, -0.2) is 6.54 Å². The van der Waals surface area contributed by atoms with Crippen molar-refractivity contribution in [2.24, 2.45) is 29.4 Å². The summed E-state index contributed by atoms with van der Waals surface area (Å²) in [5.41, 5.74) is 5.94. The summed E-state index contributed by atoms with van der Waals surface area (Å²) in [5.74, 6) is 3.63. The van der Waals surface area contributed by atoms with E-state index in [1.54, 1.807) is 0 Å². The monoisotopic (exact) mass is 239 g/mol. The Bertz CT molecular complexity index is 188. The summed E-state index contributed by atoms with van der Waals surface area (Å²) in [6.45, 7) is 7.91. The zero-order valence-corrected chi connectivity index (χ0v) is 12.3. The predicted octanol–water partition coefficient (Wildman–Crippen LogP) is 4.60. The largest absolute Gasteiger partial charge is 0.330 e. The molecule has 0 spiro atoms. The maximum atomic E-state index is 5.94. The number of rotatable bonds is 7. The first-order valence-corrected chi connectivity index (χ1v) is 7.87. The molecule has 1 saturated carbocycles. The zero-order valence-electron chi connectivity index (χ0n) is 12.3. The van der Waals surface area contributed by atoms with Crippen molar-refractivity contribution in [3.05, 3.63) is 0 Å². The molecule has 1 aliphatic rings. The van der Waals surface area contributed by atoms with E-state index < -0.39 is 0 Å². The second-order valence-electron chi connectivity index (χ2n) is 6.55. The first-order valence-electron chi connectivity index (χ1n) is 7.87. The van der Waals surface area contributed by atoms with Gasteiger partial charge < -0.3 is 5.73 Å². The molecule has 1 heteroatoms. The molecule has 0 aliphatic heterocycles. The van der Waals surface area contributed by atoms with Crippen molar-refractivity contribution in [3.8, 4) is 0 Å². The number of nitrogens with two attached hydrogens (primary N) is 1. The minimum absolute atomic E-state index is 0.829. The van der Waals surface area contributed by atoms with E-state index in [0.29, 0.717) is 0 Å². The van der Waals surface area contributed by atoms with E-state index in [1.165, 1.54) is 51.4 Å². The molecule has 0 amide bonds. The molecule has 3 atom stereocenters. The summed E-state index contributed by atoms with van der Waals surface area (Å²) in [7, 11) is 0. The van der Waals surface area contributed by atoms with Crippen LogP contribution >= 0.6 is 0 Å². The minimum atomic E-state index is 0.829. The number of hydrogen-bond acceptors (Lipinski definition) is 1. The van der Waals surface area contributed by atoms with Crippen molar-refractivity contribution in [2.75, 3.05) is 6.54 Å². The van der Waals surface area contributed by atoms with Crippen LogP contribution in [0.15, 0.2) is 0 Å². The molecule has 0 heterocycles. The molecule has 0 bridgehead atoms. The van der Waals surface area contributed by atoms with E-state index in [9.17, 15) is 0 Å². The van der Waals surface area contributed by atoms with Gasteiger partial charge in [0.15, 0.2) is 0 Å². The molecule has 1 aliphatic carbocycles. The highest BCUT2D eigenvalue weighted by atomic mass is 14.6. The summed E-state index contributed by atoms with van der Waals surface area (Å²) < 4.78 is 0. The molecule has 1 nitrogen and oxygen atoms in total. The van der Waals surface area contributed by atoms with E-state index in [0.717, 1.165) is 30.2 Å². The molecule has 0 aromatic carbocycles. The summed E-state index contributed by atoms with van der Waals surface area (Å²) in [5, 5.41) is 0. The standard InChI is InChI=1S/C16H33N/c1-4-6-14-9-10-16(12-17)15(11-14)8-5-7-13(2)3/h13-16H,4-12,17H2,1-3H3. The van der Waals surface area contributed by atoms with Gasteiger partial charge in [0.1, 0.15) is 0 Å². The van der Waals surface area contributed by atoms with Gasteiger partial charge in [-0.2, -0.15) is 0 Å². The lowest BCUT2D eigenvalue weighted by atomic mass is 9.71. The zero-order chi connectivity index (χ0) is 12.7. The molecule has 0 radical (unpaired) electrons. The Hall–Kier alpha value is -0.0400. The van der Waals surface area contributed by atoms with Gasteiger partial charge in [-0.05, 0) is 43.1 Å². The summed E-state index contributed by atoms with van der Waals surface area (Å²) in [6, 6.07) is 0. The third kappa shape index (κ3) is 5.42. The van der Waals surface area contributed by atoms with Crippen LogP contribution in [0.1, 0.15) is 72.1 Å². The van der Waals surface area contributed by atoms with Gasteiger partial charge in [0.05, 0.1) is 0 Å². The number of hydrogen-bond donors (Lipinski definition) is 1. The average molecular weight is 239 g/mol. The fourth-order valence-electron chi connectivity index (χ4n) is 3.55. The van der Waals surface area contributed by atoms with E-state index in [-0.39, 0.29) is 0 Å². The molecular weight excluding hydrogens is 206 g/mol. The van der Waals surface area contributed by atoms with Gasteiger partial charge in [-0.1, -0.05) is 59.3 Å². The Labute approximate surface area is 109 Å². The smallest absolute Gasteiger partial charge is 0.00462 e. The summed E-state index contributed by atoms with van der Waals surface area (Å²) in [4.78, 5) is 0. The lowest BCUT2D eigenvalue weighted by molar-refractivity contribution is 0.163. The molecule has 3 unspecified atom stereocenters. The molecule has 17 heavy (non-hydrogen) atoms. The van der Waals surface area contributed by atoms with Crippen molar-refractivity contribution in [1.29, 1.82) is 0 Å². The Morgan fingerprint density at radius 3 is 2.47 bits per heavy atom. The molecule has 0 saturated heterocycles. The van der Waals surface area contributed by atoms with Gasteiger partial charge in [-0.25, -0.2) is 0 Å². The first kappa shape index (κ1) is 15.0. The van der Waals surface area contributed by atoms with Crippen LogP contribution in [0, 0.1) is 23.7 Å². The van der Waals surface area contributed by atoms with Gasteiger partial charge in [0, 0.05) is 0 Å². The van der Waals surface area contributed by atoms with Gasteiger partial charge >= 0.3 is 0 Å². The van der Waals surface area contributed by atoms with Gasteiger partial charge in [-0.15, -0.1) is 0 Å². The molecular formula is C16H33N. The molecule has 0 aromatic rings. The Morgan fingerprint density at radius 2 is 1.88 bits per heavy atom. The first-order chi connectivity index (χ1) is 8.17. The van der Waals surface area contributed by atoms with Crippen molar-refractivity contribution in [2.45, 2.75) is 72.1 Å². The highest BCUT2D eigenvalue weighted by Gasteiger charge is 2.28. The van der Waals surface area contributed by atoms with Crippen LogP contribution in [0.25, 0.3) is 0 Å². The summed E-state index contributed by atoms with van der Waals surface area (Å²) in [6.07, 6.45) is 11.3. The van der Waals surface area contributed by atoms with Crippen LogP contribution in [0.5, 0.6) is 0 Å². The van der Waals surface area contributed by atoms with Gasteiger partial charge in [0.2, 0.25) is 0 Å². The van der Waals surface area contributed by atoms with E-state index >= 15 is 0 Å². The lowest BCUT2D eigenvalue weighted by Crippen LogP contribution is -2.30. The molecule has 1 fully saturated rings. The van der Waals surface area contributed by atoms with Crippen molar-refractivity contribution >= 4 is 0 Å². The van der Waals surface area contributed by atoms with Crippen molar-refractivity contribution in [1.82, 2.24) is 0 Å². The van der Waals surface area contributed by atoms with Crippen LogP contribution < -0.4 is 5.73 Å². The topological polar surface area (TPSA) is 26.0 Å². The second kappa shape index (κ2) is 8.13. The van der Waals surface area contributed by atoms with E-state index in [4.69, 9.17) is 5.73 Å². The Balaban J connectivity index is 2.34. The highest BCUT2D eigenvalue weighted by molar-refractivity contribution is 4.80. The van der Waals surface area contributed by atoms with E-state index in [1.807, 2.05) is 0 Å². The average Bonchev–Trinajstić information content (AvgIpc) is 2.29. The molecule has 102 valence electrons. The SMILES string of the molecule is CCCC1CCC(CN)C(CCCC(C)C)C1. The normalized spacial score (nSPS) is 29.8. The quantitative estimate of drug-likeness (QED) is 0.690. The van der Waals surface area contributed by atoms with Crippen LogP contribution in [0.2, 0.25) is 0 Å². The third-order valence-corrected chi connectivity index (χ3v) is 4.60. The minimum Gasteiger partial charge on any atom is -0.330 e. The fraction of sp³-hybridized carbons (Fsp3) is 1.00. The van der Waals surface area contributed by atoms with Gasteiger partial charge in [-0.3, -0.25) is 0 Å². The summed E-state index contributed by atoms with van der Waals surface area (Å²) >= 11 is 0. The molecule has 2 N–H and O–H groups in total. The van der Waals surface area contributed by atoms with Crippen LogP contribution in [0.3, 0.4) is 0 Å². The Kier molecular flexibility index (Phi) is 7.18. The fourth-order valence-corrected chi connectivity index (χ4v) is 3.55. The van der Waals surface area contributed by atoms with Crippen LogP contribution in [0.4, 0.5) is 0 Å². The highest BCUT2D eigenvalue weighted by Crippen LogP contribution is 2.38. The van der Waals surface area contributed by atoms with Crippen molar-refractivity contribution < 1.29 is 0 Å². The van der Waals surface area contributed by atoms with E-state index in [2.05, 4.69) is 20.8 Å². The maximum Gasteiger partial charge on any atom is -0.00462 e. The maximum absolute atomic E-state index is 5.94. The second-order valence-corrected chi connectivity index (χ2v) is 6.55.